The van der Waals surface area contributed by atoms with E-state index in [2.05, 4.69) is 5.32 Å². The third kappa shape index (κ3) is 4.48. The molecule has 0 saturated heterocycles. The van der Waals surface area contributed by atoms with Gasteiger partial charge in [0.15, 0.2) is 0 Å². The van der Waals surface area contributed by atoms with Gasteiger partial charge in [0.2, 0.25) is 0 Å². The third-order valence-corrected chi connectivity index (χ3v) is 6.03. The Labute approximate surface area is 165 Å². The van der Waals surface area contributed by atoms with Crippen molar-refractivity contribution >= 4 is 45.5 Å². The number of nitrogen functional groups attached to an aromatic ring is 1. The number of ether oxygens (including phenoxy) is 2. The average Bonchev–Trinajstić information content (AvgIpc) is 3.18. The number of rotatable bonds is 7. The van der Waals surface area contributed by atoms with E-state index in [1.54, 1.807) is 13.0 Å². The van der Waals surface area contributed by atoms with Crippen molar-refractivity contribution in [3.05, 3.63) is 37.4 Å². The van der Waals surface area contributed by atoms with Crippen molar-refractivity contribution in [1.29, 1.82) is 0 Å². The fourth-order valence-electron chi connectivity index (χ4n) is 2.53. The van der Waals surface area contributed by atoms with E-state index in [9.17, 15) is 14.4 Å². The minimum atomic E-state index is -0.646. The normalized spacial score (nSPS) is 10.5. The second-order valence-electron chi connectivity index (χ2n) is 5.57. The molecule has 9 heteroatoms. The van der Waals surface area contributed by atoms with Gasteiger partial charge in [-0.15, -0.1) is 22.7 Å². The topological polar surface area (TPSA) is 108 Å². The fourth-order valence-corrected chi connectivity index (χ4v) is 4.54. The van der Waals surface area contributed by atoms with Gasteiger partial charge in [0.25, 0.3) is 5.91 Å². The van der Waals surface area contributed by atoms with Crippen molar-refractivity contribution in [1.82, 2.24) is 5.32 Å². The van der Waals surface area contributed by atoms with Crippen LogP contribution in [-0.4, -0.2) is 31.5 Å². The maximum Gasteiger partial charge on any atom is 0.348 e. The molecule has 0 unspecified atom stereocenters. The number of nitrogens with two attached hydrogens (primary N) is 1. The molecule has 0 aliphatic rings. The quantitative estimate of drug-likeness (QED) is 0.679. The molecule has 27 heavy (non-hydrogen) atoms. The molecule has 2 aromatic heterocycles. The van der Waals surface area contributed by atoms with Crippen LogP contribution < -0.4 is 11.1 Å². The van der Waals surface area contributed by atoms with E-state index in [0.29, 0.717) is 4.88 Å². The first-order valence-corrected chi connectivity index (χ1v) is 10.0. The van der Waals surface area contributed by atoms with Crippen LogP contribution in [0.3, 0.4) is 0 Å². The van der Waals surface area contributed by atoms with E-state index >= 15 is 0 Å². The van der Waals surface area contributed by atoms with E-state index in [4.69, 9.17) is 15.2 Å². The Morgan fingerprint density at radius 2 is 1.85 bits per heavy atom. The van der Waals surface area contributed by atoms with Gasteiger partial charge < -0.3 is 20.5 Å². The third-order valence-electron chi connectivity index (χ3n) is 3.90. The van der Waals surface area contributed by atoms with Crippen LogP contribution in [0.25, 0.3) is 0 Å². The zero-order valence-corrected chi connectivity index (χ0v) is 17.3. The molecular formula is C18H22N2O5S2. The lowest BCUT2D eigenvalue weighted by molar-refractivity contribution is 0.0454. The predicted octanol–water partition coefficient (Wildman–Crippen LogP) is 3.16. The van der Waals surface area contributed by atoms with Gasteiger partial charge >= 0.3 is 11.9 Å². The summed E-state index contributed by atoms with van der Waals surface area (Å²) in [6, 6.07) is 1.80. The summed E-state index contributed by atoms with van der Waals surface area (Å²) in [6.07, 6.45) is 0.824. The SMILES string of the molecule is CCOC(=O)c1c(N)sc(C(=O)NC)c1COC(=O)c1cc(CC)c(C)s1. The van der Waals surface area contributed by atoms with Crippen LogP contribution in [-0.2, 0) is 22.5 Å². The lowest BCUT2D eigenvalue weighted by Crippen LogP contribution is -2.19. The molecule has 2 rings (SSSR count). The first-order chi connectivity index (χ1) is 12.8. The molecule has 2 aromatic rings. The monoisotopic (exact) mass is 410 g/mol. The van der Waals surface area contributed by atoms with Crippen molar-refractivity contribution in [3.63, 3.8) is 0 Å². The van der Waals surface area contributed by atoms with Crippen molar-refractivity contribution < 1.29 is 23.9 Å². The number of thiophene rings is 2. The van der Waals surface area contributed by atoms with Crippen LogP contribution in [0.4, 0.5) is 5.00 Å². The Morgan fingerprint density at radius 1 is 1.15 bits per heavy atom. The molecule has 0 radical (unpaired) electrons. The average molecular weight is 411 g/mol. The molecule has 146 valence electrons. The first kappa shape index (κ1) is 20.9. The van der Waals surface area contributed by atoms with E-state index in [-0.39, 0.29) is 34.2 Å². The summed E-state index contributed by atoms with van der Waals surface area (Å²) in [4.78, 5) is 38.5. The second-order valence-corrected chi connectivity index (χ2v) is 7.88. The molecule has 0 aromatic carbocycles. The Balaban J connectivity index is 2.31. The van der Waals surface area contributed by atoms with E-state index in [1.165, 1.54) is 18.4 Å². The molecule has 0 aliphatic carbocycles. The van der Waals surface area contributed by atoms with Gasteiger partial charge in [-0.2, -0.15) is 0 Å². The largest absolute Gasteiger partial charge is 0.462 e. The van der Waals surface area contributed by atoms with Crippen LogP contribution in [0.2, 0.25) is 0 Å². The highest BCUT2D eigenvalue weighted by molar-refractivity contribution is 7.18. The van der Waals surface area contributed by atoms with Crippen LogP contribution in [0.15, 0.2) is 6.07 Å². The highest BCUT2D eigenvalue weighted by atomic mass is 32.1. The van der Waals surface area contributed by atoms with Crippen LogP contribution in [0.1, 0.15) is 59.6 Å². The number of hydrogen-bond donors (Lipinski definition) is 2. The highest BCUT2D eigenvalue weighted by Crippen LogP contribution is 2.33. The molecule has 3 N–H and O–H groups in total. The molecule has 0 aliphatic heterocycles. The number of amides is 1. The van der Waals surface area contributed by atoms with Gasteiger partial charge in [0, 0.05) is 17.5 Å². The van der Waals surface area contributed by atoms with Crippen LogP contribution in [0.5, 0.6) is 0 Å². The summed E-state index contributed by atoms with van der Waals surface area (Å²) in [7, 11) is 1.47. The van der Waals surface area contributed by atoms with Crippen LogP contribution in [0, 0.1) is 6.92 Å². The molecule has 7 nitrogen and oxygen atoms in total. The molecule has 0 fully saturated rings. The molecule has 0 bridgehead atoms. The second kappa shape index (κ2) is 9.01. The highest BCUT2D eigenvalue weighted by Gasteiger charge is 2.27. The summed E-state index contributed by atoms with van der Waals surface area (Å²) in [5.74, 6) is -1.56. The summed E-state index contributed by atoms with van der Waals surface area (Å²) in [6.45, 7) is 5.55. The van der Waals surface area contributed by atoms with Gasteiger partial charge in [0.1, 0.15) is 26.9 Å². The smallest absolute Gasteiger partial charge is 0.348 e. The maximum atomic E-state index is 12.4. The molecule has 2 heterocycles. The number of nitrogens with one attached hydrogen (secondary N) is 1. The Hall–Kier alpha value is -2.39. The fraction of sp³-hybridized carbons (Fsp3) is 0.389. The Kier molecular flexibility index (Phi) is 6.98. The number of carbonyl (C=O) groups is 3. The summed E-state index contributed by atoms with van der Waals surface area (Å²) < 4.78 is 10.4. The lowest BCUT2D eigenvalue weighted by Gasteiger charge is -2.08. The standard InChI is InChI=1S/C18H22N2O5S2/c1-5-10-7-12(26-9(10)3)17(22)25-8-11-13(18(23)24-6-2)15(19)27-14(11)16(21)20-4/h7H,5-6,8,19H2,1-4H3,(H,20,21). The summed E-state index contributed by atoms with van der Waals surface area (Å²) in [5, 5.41) is 2.65. The summed E-state index contributed by atoms with van der Waals surface area (Å²) >= 11 is 2.32. The maximum absolute atomic E-state index is 12.4. The van der Waals surface area contributed by atoms with Crippen molar-refractivity contribution in [2.24, 2.45) is 0 Å². The lowest BCUT2D eigenvalue weighted by atomic mass is 10.1. The minimum Gasteiger partial charge on any atom is -0.462 e. The molecule has 0 saturated carbocycles. The van der Waals surface area contributed by atoms with Gasteiger partial charge in [-0.3, -0.25) is 4.79 Å². The van der Waals surface area contributed by atoms with Gasteiger partial charge in [-0.1, -0.05) is 6.92 Å². The number of carbonyl (C=O) groups excluding carboxylic acids is 3. The number of esters is 2. The molecule has 0 spiro atoms. The van der Waals surface area contributed by atoms with Gasteiger partial charge in [-0.25, -0.2) is 9.59 Å². The molecule has 0 atom stereocenters. The van der Waals surface area contributed by atoms with Crippen molar-refractivity contribution in [2.75, 3.05) is 19.4 Å². The van der Waals surface area contributed by atoms with Crippen LogP contribution >= 0.6 is 22.7 Å². The minimum absolute atomic E-state index is 0.0739. The van der Waals surface area contributed by atoms with Crippen molar-refractivity contribution in [2.45, 2.75) is 33.8 Å². The zero-order chi connectivity index (χ0) is 20.1. The van der Waals surface area contributed by atoms with E-state index in [1.807, 2.05) is 13.8 Å². The zero-order valence-electron chi connectivity index (χ0n) is 15.6. The van der Waals surface area contributed by atoms with Gasteiger partial charge in [-0.05, 0) is 31.9 Å². The number of aryl methyl sites for hydroxylation is 2. The predicted molar refractivity (Wildman–Crippen MR) is 106 cm³/mol. The van der Waals surface area contributed by atoms with Crippen molar-refractivity contribution in [3.8, 4) is 0 Å². The number of anilines is 1. The van der Waals surface area contributed by atoms with E-state index < -0.39 is 17.8 Å². The Morgan fingerprint density at radius 3 is 2.41 bits per heavy atom. The first-order valence-electron chi connectivity index (χ1n) is 8.40. The van der Waals surface area contributed by atoms with Gasteiger partial charge in [0.05, 0.1) is 6.61 Å². The molecule has 1 amide bonds. The summed E-state index contributed by atoms with van der Waals surface area (Å²) in [5.41, 5.74) is 7.34. The Bertz CT molecular complexity index is 869. The van der Waals surface area contributed by atoms with E-state index in [0.717, 1.165) is 28.2 Å². The number of hydrogen-bond acceptors (Lipinski definition) is 8. The molecular weight excluding hydrogens is 388 g/mol.